The van der Waals surface area contributed by atoms with Gasteiger partial charge in [-0.25, -0.2) is 0 Å². The summed E-state index contributed by atoms with van der Waals surface area (Å²) in [5.74, 6) is 0.307. The predicted octanol–water partition coefficient (Wildman–Crippen LogP) is 0.439. The van der Waals surface area contributed by atoms with Crippen LogP contribution < -0.4 is 5.73 Å². The lowest BCUT2D eigenvalue weighted by molar-refractivity contribution is 0.269. The first-order valence-corrected chi connectivity index (χ1v) is 5.83. The van der Waals surface area contributed by atoms with Crippen LogP contribution in [0.2, 0.25) is 0 Å². The molecule has 17 heavy (non-hydrogen) atoms. The monoisotopic (exact) mass is 237 g/mol. The van der Waals surface area contributed by atoms with Crippen molar-refractivity contribution in [1.29, 1.82) is 0 Å². The second-order valence-corrected chi connectivity index (χ2v) is 4.55. The number of aromatic nitrogens is 2. The van der Waals surface area contributed by atoms with Crippen LogP contribution in [0, 0.1) is 6.92 Å². The first-order chi connectivity index (χ1) is 8.11. The molecule has 1 unspecified atom stereocenters. The molecule has 0 aliphatic carbocycles. The van der Waals surface area contributed by atoms with E-state index in [9.17, 15) is 0 Å². The van der Waals surface area contributed by atoms with E-state index in [0.29, 0.717) is 5.84 Å². The second-order valence-electron chi connectivity index (χ2n) is 4.55. The van der Waals surface area contributed by atoms with Crippen LogP contribution in [0.15, 0.2) is 11.2 Å². The predicted molar refractivity (Wildman–Crippen MR) is 64.8 cm³/mol. The minimum Gasteiger partial charge on any atom is -0.409 e. The van der Waals surface area contributed by atoms with Gasteiger partial charge in [-0.3, -0.25) is 9.58 Å². The van der Waals surface area contributed by atoms with E-state index >= 15 is 0 Å². The molecule has 1 fully saturated rings. The van der Waals surface area contributed by atoms with Gasteiger partial charge in [-0.05, 0) is 32.4 Å². The zero-order chi connectivity index (χ0) is 12.4. The highest BCUT2D eigenvalue weighted by atomic mass is 16.4. The summed E-state index contributed by atoms with van der Waals surface area (Å²) in [6.07, 6.45) is 2.03. The molecule has 0 amide bonds. The average molecular weight is 237 g/mol. The van der Waals surface area contributed by atoms with Crippen LogP contribution in [-0.4, -0.2) is 38.3 Å². The molecule has 1 saturated heterocycles. The lowest BCUT2D eigenvalue weighted by Gasteiger charge is -2.22. The van der Waals surface area contributed by atoms with Crippen molar-refractivity contribution in [2.24, 2.45) is 17.9 Å². The maximum absolute atomic E-state index is 8.76. The molecule has 94 valence electrons. The smallest absolute Gasteiger partial charge is 0.156 e. The van der Waals surface area contributed by atoms with Gasteiger partial charge in [0.15, 0.2) is 5.84 Å². The molecule has 0 aromatic carbocycles. The molecule has 6 heteroatoms. The van der Waals surface area contributed by atoms with E-state index in [0.717, 1.165) is 37.3 Å². The lowest BCUT2D eigenvalue weighted by Crippen LogP contribution is -2.40. The Labute approximate surface area is 101 Å². The van der Waals surface area contributed by atoms with Crippen molar-refractivity contribution in [3.63, 3.8) is 0 Å². The van der Waals surface area contributed by atoms with Crippen LogP contribution in [0.1, 0.15) is 24.2 Å². The molecule has 0 spiro atoms. The highest BCUT2D eigenvalue weighted by Crippen LogP contribution is 2.20. The quantitative estimate of drug-likeness (QED) is 0.346. The first kappa shape index (κ1) is 11.9. The molecule has 2 heterocycles. The minimum absolute atomic E-state index is 0.0511. The molecule has 3 N–H and O–H groups in total. The summed E-state index contributed by atoms with van der Waals surface area (Å²) in [5.41, 5.74) is 7.87. The molecule has 0 bridgehead atoms. The molecular weight excluding hydrogens is 218 g/mol. The van der Waals surface area contributed by atoms with Gasteiger partial charge in [0.2, 0.25) is 0 Å². The van der Waals surface area contributed by atoms with Gasteiger partial charge >= 0.3 is 0 Å². The average Bonchev–Trinajstić information content (AvgIpc) is 2.86. The van der Waals surface area contributed by atoms with Crippen molar-refractivity contribution in [1.82, 2.24) is 14.7 Å². The minimum atomic E-state index is 0.0511. The third-order valence-electron chi connectivity index (χ3n) is 3.28. The zero-order valence-electron chi connectivity index (χ0n) is 10.3. The van der Waals surface area contributed by atoms with E-state index in [2.05, 4.69) is 21.2 Å². The fraction of sp³-hybridized carbons (Fsp3) is 0.636. The third-order valence-corrected chi connectivity index (χ3v) is 3.28. The van der Waals surface area contributed by atoms with Gasteiger partial charge < -0.3 is 10.9 Å². The number of oxime groups is 1. The zero-order valence-corrected chi connectivity index (χ0v) is 10.3. The molecule has 6 nitrogen and oxygen atoms in total. The van der Waals surface area contributed by atoms with Gasteiger partial charge in [-0.15, -0.1) is 0 Å². The van der Waals surface area contributed by atoms with Crippen LogP contribution in [-0.2, 0) is 13.6 Å². The number of hydrogen-bond acceptors (Lipinski definition) is 4. The van der Waals surface area contributed by atoms with Gasteiger partial charge in [0, 0.05) is 13.6 Å². The SMILES string of the molecule is Cc1cc(CN2CCCC2C(N)=NO)n(C)n1. The van der Waals surface area contributed by atoms with Crippen LogP contribution in [0.4, 0.5) is 0 Å². The van der Waals surface area contributed by atoms with E-state index in [1.165, 1.54) is 0 Å². The van der Waals surface area contributed by atoms with Crippen LogP contribution in [0.25, 0.3) is 0 Å². The molecule has 1 aromatic heterocycles. The summed E-state index contributed by atoms with van der Waals surface area (Å²) < 4.78 is 1.89. The summed E-state index contributed by atoms with van der Waals surface area (Å²) in [7, 11) is 1.94. The third kappa shape index (κ3) is 2.41. The van der Waals surface area contributed by atoms with E-state index in [1.54, 1.807) is 0 Å². The van der Waals surface area contributed by atoms with Crippen molar-refractivity contribution in [3.05, 3.63) is 17.5 Å². The van der Waals surface area contributed by atoms with E-state index in [-0.39, 0.29) is 6.04 Å². The standard InChI is InChI=1S/C11H19N5O/c1-8-6-9(15(2)13-8)7-16-5-3-4-10(16)11(12)14-17/h6,10,17H,3-5,7H2,1-2H3,(H2,12,14). The number of nitrogens with two attached hydrogens (primary N) is 1. The van der Waals surface area contributed by atoms with E-state index in [1.807, 2.05) is 18.7 Å². The van der Waals surface area contributed by atoms with Gasteiger partial charge in [0.25, 0.3) is 0 Å². The normalized spacial score (nSPS) is 22.2. The molecule has 1 atom stereocenters. The van der Waals surface area contributed by atoms with Crippen LogP contribution in [0.3, 0.4) is 0 Å². The summed E-state index contributed by atoms with van der Waals surface area (Å²) in [6, 6.07) is 2.12. The first-order valence-electron chi connectivity index (χ1n) is 5.83. The molecular formula is C11H19N5O. The van der Waals surface area contributed by atoms with Gasteiger partial charge in [0.1, 0.15) is 0 Å². The van der Waals surface area contributed by atoms with Crippen molar-refractivity contribution in [2.75, 3.05) is 6.54 Å². The number of nitrogens with zero attached hydrogens (tertiary/aromatic N) is 4. The Balaban J connectivity index is 2.10. The van der Waals surface area contributed by atoms with Crippen molar-refractivity contribution >= 4 is 5.84 Å². The highest BCUT2D eigenvalue weighted by molar-refractivity contribution is 5.85. The Bertz CT molecular complexity index is 425. The summed E-state index contributed by atoms with van der Waals surface area (Å²) in [6.45, 7) is 3.75. The molecule has 0 saturated carbocycles. The van der Waals surface area contributed by atoms with Gasteiger partial charge in [-0.1, -0.05) is 5.16 Å². The van der Waals surface area contributed by atoms with Crippen molar-refractivity contribution in [3.8, 4) is 0 Å². The summed E-state index contributed by atoms with van der Waals surface area (Å²) in [5, 5.41) is 16.2. The van der Waals surface area contributed by atoms with E-state index in [4.69, 9.17) is 10.9 Å². The lowest BCUT2D eigenvalue weighted by atomic mass is 10.2. The van der Waals surface area contributed by atoms with Crippen LogP contribution >= 0.6 is 0 Å². The Hall–Kier alpha value is -1.56. The Morgan fingerprint density at radius 3 is 3.06 bits per heavy atom. The summed E-state index contributed by atoms with van der Waals surface area (Å²) in [4.78, 5) is 2.23. The highest BCUT2D eigenvalue weighted by Gasteiger charge is 2.28. The van der Waals surface area contributed by atoms with Crippen molar-refractivity contribution < 1.29 is 5.21 Å². The number of aryl methyl sites for hydroxylation is 2. The maximum atomic E-state index is 8.76. The molecule has 1 aromatic rings. The van der Waals surface area contributed by atoms with Gasteiger partial charge in [0.05, 0.1) is 17.4 Å². The summed E-state index contributed by atoms with van der Waals surface area (Å²) >= 11 is 0. The topological polar surface area (TPSA) is 79.7 Å². The Morgan fingerprint density at radius 1 is 1.71 bits per heavy atom. The number of hydrogen-bond donors (Lipinski definition) is 2. The fourth-order valence-corrected chi connectivity index (χ4v) is 2.44. The molecule has 0 radical (unpaired) electrons. The molecule has 2 rings (SSSR count). The van der Waals surface area contributed by atoms with Crippen LogP contribution in [0.5, 0.6) is 0 Å². The Kier molecular flexibility index (Phi) is 3.33. The largest absolute Gasteiger partial charge is 0.409 e. The number of likely N-dealkylation sites (tertiary alicyclic amines) is 1. The van der Waals surface area contributed by atoms with E-state index < -0.39 is 0 Å². The molecule has 1 aliphatic rings. The van der Waals surface area contributed by atoms with Crippen molar-refractivity contribution in [2.45, 2.75) is 32.4 Å². The number of rotatable bonds is 3. The number of amidine groups is 1. The maximum Gasteiger partial charge on any atom is 0.156 e. The Morgan fingerprint density at radius 2 is 2.47 bits per heavy atom. The fourth-order valence-electron chi connectivity index (χ4n) is 2.44. The molecule has 1 aliphatic heterocycles. The van der Waals surface area contributed by atoms with Gasteiger partial charge in [-0.2, -0.15) is 5.10 Å². The second kappa shape index (κ2) is 4.75.